The number of thiazole rings is 1. The highest BCUT2D eigenvalue weighted by Gasteiger charge is 2.13. The molecule has 1 atom stereocenters. The number of aryl methyl sites for hydroxylation is 2. The second-order valence-corrected chi connectivity index (χ2v) is 9.26. The van der Waals surface area contributed by atoms with E-state index in [1.54, 1.807) is 0 Å². The number of benzene rings is 2. The normalized spacial score (nSPS) is 12.0. The number of alkyl halides is 1. The van der Waals surface area contributed by atoms with Crippen molar-refractivity contribution in [3.05, 3.63) is 81.4 Å². The molecule has 3 aromatic rings. The predicted octanol–water partition coefficient (Wildman–Crippen LogP) is 4.94. The van der Waals surface area contributed by atoms with Crippen molar-refractivity contribution in [2.24, 2.45) is 0 Å². The molecule has 0 radical (unpaired) electrons. The second kappa shape index (κ2) is 10.8. The molecule has 0 aliphatic heterocycles. The summed E-state index contributed by atoms with van der Waals surface area (Å²) in [4.78, 5) is 17.2. The standard InChI is InChI=1S/C22H23ClN2O3S2/c1-15(26)24-22-25-20(11-10-16-2-6-18(13-23)7-3-16)21(29-22)12-17-4-8-19(9-5-17)14-30(27)28/h2-9H,10-14H2,1H3,(H,27,28)(H,24,25,26). The number of amides is 1. The molecule has 0 bridgehead atoms. The average molecular weight is 463 g/mol. The Bertz CT molecular complexity index is 1020. The third-order valence-electron chi connectivity index (χ3n) is 4.57. The van der Waals surface area contributed by atoms with Crippen molar-refractivity contribution in [3.8, 4) is 0 Å². The quantitative estimate of drug-likeness (QED) is 0.348. The lowest BCUT2D eigenvalue weighted by Crippen LogP contribution is -2.05. The van der Waals surface area contributed by atoms with Crippen molar-refractivity contribution < 1.29 is 13.6 Å². The Kier molecular flexibility index (Phi) is 8.16. The molecule has 1 unspecified atom stereocenters. The summed E-state index contributed by atoms with van der Waals surface area (Å²) in [6, 6.07) is 15.9. The van der Waals surface area contributed by atoms with E-state index in [1.165, 1.54) is 23.8 Å². The number of nitrogens with zero attached hydrogens (tertiary/aromatic N) is 1. The zero-order valence-electron chi connectivity index (χ0n) is 16.6. The molecule has 0 spiro atoms. The minimum atomic E-state index is -1.85. The lowest BCUT2D eigenvalue weighted by atomic mass is 10.0. The van der Waals surface area contributed by atoms with Gasteiger partial charge in [0.05, 0.1) is 11.4 Å². The van der Waals surface area contributed by atoms with E-state index in [2.05, 4.69) is 22.4 Å². The van der Waals surface area contributed by atoms with Gasteiger partial charge in [-0.05, 0) is 35.1 Å². The molecule has 0 aliphatic rings. The molecule has 1 amide bonds. The number of rotatable bonds is 9. The summed E-state index contributed by atoms with van der Waals surface area (Å²) < 4.78 is 20.0. The van der Waals surface area contributed by atoms with Crippen LogP contribution in [-0.4, -0.2) is 19.7 Å². The number of halogens is 1. The van der Waals surface area contributed by atoms with Crippen LogP contribution >= 0.6 is 22.9 Å². The number of carbonyl (C=O) groups excluding carboxylic acids is 1. The minimum absolute atomic E-state index is 0.126. The van der Waals surface area contributed by atoms with E-state index >= 15 is 0 Å². The van der Waals surface area contributed by atoms with Crippen molar-refractivity contribution in [1.82, 2.24) is 4.98 Å². The Morgan fingerprint density at radius 2 is 1.63 bits per heavy atom. The van der Waals surface area contributed by atoms with Crippen molar-refractivity contribution >= 4 is 45.1 Å². The van der Waals surface area contributed by atoms with Gasteiger partial charge in [-0.1, -0.05) is 48.5 Å². The van der Waals surface area contributed by atoms with Gasteiger partial charge in [0.1, 0.15) is 0 Å². The van der Waals surface area contributed by atoms with Crippen LogP contribution in [-0.2, 0) is 46.8 Å². The lowest BCUT2D eigenvalue weighted by Gasteiger charge is -2.05. The summed E-state index contributed by atoms with van der Waals surface area (Å²) in [5.74, 6) is 0.491. The van der Waals surface area contributed by atoms with Crippen molar-refractivity contribution in [2.75, 3.05) is 5.32 Å². The van der Waals surface area contributed by atoms with Crippen LogP contribution in [0.4, 0.5) is 5.13 Å². The van der Waals surface area contributed by atoms with E-state index in [1.807, 2.05) is 36.4 Å². The van der Waals surface area contributed by atoms with Crippen molar-refractivity contribution in [1.29, 1.82) is 0 Å². The van der Waals surface area contributed by atoms with Crippen LogP contribution < -0.4 is 5.32 Å². The molecule has 0 saturated heterocycles. The average Bonchev–Trinajstić information content (AvgIpc) is 3.08. The maximum Gasteiger partial charge on any atom is 0.223 e. The Morgan fingerprint density at radius 1 is 1.03 bits per heavy atom. The molecule has 1 heterocycles. The van der Waals surface area contributed by atoms with E-state index in [0.29, 0.717) is 17.4 Å². The number of hydrogen-bond acceptors (Lipinski definition) is 4. The topological polar surface area (TPSA) is 79.3 Å². The summed E-state index contributed by atoms with van der Waals surface area (Å²) in [5, 5.41) is 3.40. The fraction of sp³-hybridized carbons (Fsp3) is 0.273. The largest absolute Gasteiger partial charge is 0.306 e. The smallest absolute Gasteiger partial charge is 0.223 e. The Labute approximate surface area is 187 Å². The highest BCUT2D eigenvalue weighted by atomic mass is 35.5. The van der Waals surface area contributed by atoms with Gasteiger partial charge in [0.25, 0.3) is 0 Å². The van der Waals surface area contributed by atoms with E-state index in [9.17, 15) is 9.00 Å². The summed E-state index contributed by atoms with van der Waals surface area (Å²) in [6.07, 6.45) is 2.31. The molecule has 0 fully saturated rings. The monoisotopic (exact) mass is 462 g/mol. The molecule has 3 rings (SSSR count). The van der Waals surface area contributed by atoms with Crippen LogP contribution in [0.1, 0.15) is 39.7 Å². The lowest BCUT2D eigenvalue weighted by molar-refractivity contribution is -0.114. The van der Waals surface area contributed by atoms with Crippen LogP contribution in [0.25, 0.3) is 0 Å². The highest BCUT2D eigenvalue weighted by Crippen LogP contribution is 2.27. The molecule has 158 valence electrons. The zero-order chi connectivity index (χ0) is 21.5. The highest BCUT2D eigenvalue weighted by molar-refractivity contribution is 7.78. The fourth-order valence-electron chi connectivity index (χ4n) is 3.06. The van der Waals surface area contributed by atoms with E-state index in [-0.39, 0.29) is 11.7 Å². The number of hydrogen-bond donors (Lipinski definition) is 2. The zero-order valence-corrected chi connectivity index (χ0v) is 18.9. The molecule has 5 nitrogen and oxygen atoms in total. The first-order valence-electron chi connectivity index (χ1n) is 9.48. The molecule has 0 aliphatic carbocycles. The van der Waals surface area contributed by atoms with Gasteiger partial charge >= 0.3 is 0 Å². The van der Waals surface area contributed by atoms with E-state index in [4.69, 9.17) is 16.2 Å². The van der Waals surface area contributed by atoms with Gasteiger partial charge in [-0.25, -0.2) is 9.19 Å². The van der Waals surface area contributed by atoms with Gasteiger partial charge in [-0.2, -0.15) is 0 Å². The van der Waals surface area contributed by atoms with E-state index < -0.39 is 11.1 Å². The Morgan fingerprint density at radius 3 is 2.23 bits per heavy atom. The first-order valence-corrected chi connectivity index (χ1v) is 12.1. The Balaban J connectivity index is 1.75. The number of carbonyl (C=O) groups is 1. The third-order valence-corrected chi connectivity index (χ3v) is 6.47. The molecular formula is C22H23ClN2O3S2. The molecular weight excluding hydrogens is 440 g/mol. The number of nitrogens with one attached hydrogen (secondary N) is 1. The molecule has 1 aromatic heterocycles. The van der Waals surface area contributed by atoms with Gasteiger partial charge < -0.3 is 9.87 Å². The summed E-state index contributed by atoms with van der Waals surface area (Å²) in [6.45, 7) is 1.48. The summed E-state index contributed by atoms with van der Waals surface area (Å²) >= 11 is 5.50. The first kappa shape index (κ1) is 22.6. The van der Waals surface area contributed by atoms with Crippen LogP contribution in [0, 0.1) is 0 Å². The molecule has 2 N–H and O–H groups in total. The van der Waals surface area contributed by atoms with Gasteiger partial charge in [0, 0.05) is 24.1 Å². The summed E-state index contributed by atoms with van der Waals surface area (Å²) in [7, 11) is 0. The SMILES string of the molecule is CC(=O)Nc1nc(CCc2ccc(CCl)cc2)c(Cc2ccc(CS(=O)O)cc2)s1. The minimum Gasteiger partial charge on any atom is -0.306 e. The fourth-order valence-corrected chi connectivity index (χ4v) is 4.80. The van der Waals surface area contributed by atoms with Crippen molar-refractivity contribution in [3.63, 3.8) is 0 Å². The molecule has 2 aromatic carbocycles. The van der Waals surface area contributed by atoms with Crippen molar-refractivity contribution in [2.45, 2.75) is 37.8 Å². The Hall–Kier alpha value is -2.06. The van der Waals surface area contributed by atoms with Crippen LogP contribution in [0.15, 0.2) is 48.5 Å². The third kappa shape index (κ3) is 6.74. The van der Waals surface area contributed by atoms with E-state index in [0.717, 1.165) is 40.1 Å². The van der Waals surface area contributed by atoms with Gasteiger partial charge in [0.15, 0.2) is 16.2 Å². The second-order valence-electron chi connectivity index (χ2n) is 6.98. The predicted molar refractivity (Wildman–Crippen MR) is 124 cm³/mol. The molecule has 0 saturated carbocycles. The van der Waals surface area contributed by atoms with Crippen LogP contribution in [0.3, 0.4) is 0 Å². The maximum absolute atomic E-state index is 11.5. The molecule has 8 heteroatoms. The number of anilines is 1. The number of aromatic nitrogens is 1. The maximum atomic E-state index is 11.5. The first-order chi connectivity index (χ1) is 14.4. The summed E-state index contributed by atoms with van der Waals surface area (Å²) in [5.41, 5.74) is 5.20. The molecule has 30 heavy (non-hydrogen) atoms. The van der Waals surface area contributed by atoms with Crippen LogP contribution in [0.5, 0.6) is 0 Å². The van der Waals surface area contributed by atoms with Gasteiger partial charge in [-0.3, -0.25) is 4.79 Å². The van der Waals surface area contributed by atoms with Gasteiger partial charge in [-0.15, -0.1) is 22.9 Å². The van der Waals surface area contributed by atoms with Gasteiger partial charge in [0.2, 0.25) is 5.91 Å². The van der Waals surface area contributed by atoms with Crippen LogP contribution in [0.2, 0.25) is 0 Å².